The zero-order valence-electron chi connectivity index (χ0n) is 13.3. The first kappa shape index (κ1) is 19.1. The minimum atomic E-state index is -5.72. The van der Waals surface area contributed by atoms with Crippen LogP contribution in [0.5, 0.6) is 5.75 Å². The predicted octanol–water partition coefficient (Wildman–Crippen LogP) is 2.99. The second kappa shape index (κ2) is 6.95. The van der Waals surface area contributed by atoms with Gasteiger partial charge in [-0.2, -0.15) is 21.6 Å². The van der Waals surface area contributed by atoms with Crippen LogP contribution in [0.25, 0.3) is 0 Å². The lowest BCUT2D eigenvalue weighted by atomic mass is 10.0. The van der Waals surface area contributed by atoms with E-state index in [1.807, 2.05) is 0 Å². The molecule has 0 spiro atoms. The van der Waals surface area contributed by atoms with Crippen molar-refractivity contribution in [2.45, 2.75) is 25.3 Å². The lowest BCUT2D eigenvalue weighted by Gasteiger charge is -2.19. The Kier molecular flexibility index (Phi) is 5.31. The summed E-state index contributed by atoms with van der Waals surface area (Å²) in [5.74, 6) is -0.172. The lowest BCUT2D eigenvalue weighted by molar-refractivity contribution is -0.0500. The first-order valence-corrected chi connectivity index (χ1v) is 8.65. The maximum atomic E-state index is 12.4. The molecule has 0 aliphatic carbocycles. The highest BCUT2D eigenvalue weighted by Gasteiger charge is 2.48. The first-order valence-electron chi connectivity index (χ1n) is 7.24. The molecule has 2 rings (SSSR count). The van der Waals surface area contributed by atoms with Gasteiger partial charge in [0, 0.05) is 13.1 Å². The molecule has 0 radical (unpaired) electrons. The van der Waals surface area contributed by atoms with Crippen molar-refractivity contribution in [1.29, 1.82) is 0 Å². The van der Waals surface area contributed by atoms with Gasteiger partial charge in [-0.05, 0) is 43.0 Å². The van der Waals surface area contributed by atoms with E-state index in [1.54, 1.807) is 0 Å². The normalized spacial score (nSPS) is 15.1. The molecule has 1 aromatic carbocycles. The second-order valence-corrected chi connectivity index (χ2v) is 7.01. The summed E-state index contributed by atoms with van der Waals surface area (Å²) in [6.07, 6.45) is 0.216. The Morgan fingerprint density at radius 3 is 2.36 bits per heavy atom. The Labute approximate surface area is 142 Å². The average Bonchev–Trinajstić information content (AvgIpc) is 2.67. The van der Waals surface area contributed by atoms with Crippen molar-refractivity contribution < 1.29 is 35.3 Å². The van der Waals surface area contributed by atoms with E-state index in [2.05, 4.69) is 10.8 Å². The van der Waals surface area contributed by atoms with Crippen LogP contribution in [0.2, 0.25) is 0 Å². The third kappa shape index (κ3) is 4.65. The molecule has 0 saturated carbocycles. The van der Waals surface area contributed by atoms with Gasteiger partial charge in [-0.3, -0.25) is 0 Å². The minimum Gasteiger partial charge on any atom is -0.416 e. The summed E-state index contributed by atoms with van der Waals surface area (Å²) >= 11 is 0. The molecule has 0 aromatic heterocycles. The summed E-state index contributed by atoms with van der Waals surface area (Å²) in [6.45, 7) is 5.65. The number of hydrogen-bond acceptors (Lipinski definition) is 5. The number of amides is 1. The number of nitrogens with zero attached hydrogens (tertiary/aromatic N) is 1. The first-order chi connectivity index (χ1) is 11.5. The van der Waals surface area contributed by atoms with Crippen molar-refractivity contribution in [2.24, 2.45) is 0 Å². The Morgan fingerprint density at radius 2 is 1.80 bits per heavy atom. The van der Waals surface area contributed by atoms with E-state index in [1.165, 1.54) is 24.0 Å². The zero-order valence-corrected chi connectivity index (χ0v) is 14.1. The molecule has 0 bridgehead atoms. The molecular weight excluding hydrogens is 363 g/mol. The Hall–Kier alpha value is -2.23. The van der Waals surface area contributed by atoms with Crippen LogP contribution in [0.3, 0.4) is 0 Å². The number of ether oxygens (including phenoxy) is 1. The molecule has 0 atom stereocenters. The van der Waals surface area contributed by atoms with Crippen LogP contribution in [-0.2, 0) is 27.7 Å². The van der Waals surface area contributed by atoms with Crippen LogP contribution >= 0.6 is 0 Å². The summed E-state index contributed by atoms with van der Waals surface area (Å²) < 4.78 is 68.4. The second-order valence-electron chi connectivity index (χ2n) is 5.47. The van der Waals surface area contributed by atoms with E-state index in [4.69, 9.17) is 4.74 Å². The molecule has 1 heterocycles. The van der Waals surface area contributed by atoms with Crippen LogP contribution in [0.15, 0.2) is 30.5 Å². The molecule has 0 N–H and O–H groups in total. The maximum Gasteiger partial charge on any atom is 0.534 e. The molecule has 10 heteroatoms. The SMILES string of the molecule is C=C(C)OC(=O)N1CCc2ccc(OS(=O)(=O)C(F)(F)F)cc2CC1. The van der Waals surface area contributed by atoms with Gasteiger partial charge in [0.25, 0.3) is 0 Å². The summed E-state index contributed by atoms with van der Waals surface area (Å²) in [5, 5.41) is 0. The van der Waals surface area contributed by atoms with Crippen molar-refractivity contribution >= 4 is 16.2 Å². The van der Waals surface area contributed by atoms with Crippen molar-refractivity contribution in [3.05, 3.63) is 41.7 Å². The van der Waals surface area contributed by atoms with Gasteiger partial charge in [-0.15, -0.1) is 0 Å². The topological polar surface area (TPSA) is 72.9 Å². The number of fused-ring (bicyclic) bond motifs is 1. The number of alkyl halides is 3. The van der Waals surface area contributed by atoms with Gasteiger partial charge in [0.15, 0.2) is 0 Å². The van der Waals surface area contributed by atoms with Crippen molar-refractivity contribution in [2.75, 3.05) is 13.1 Å². The molecule has 0 unspecified atom stereocenters. The van der Waals surface area contributed by atoms with E-state index < -0.39 is 27.5 Å². The fourth-order valence-electron chi connectivity index (χ4n) is 2.32. The predicted molar refractivity (Wildman–Crippen MR) is 82.3 cm³/mol. The minimum absolute atomic E-state index is 0.250. The number of hydrogen-bond donors (Lipinski definition) is 0. The Bertz CT molecular complexity index is 789. The summed E-state index contributed by atoms with van der Waals surface area (Å²) in [5.41, 5.74) is -4.09. The van der Waals surface area contributed by atoms with Crippen LogP contribution in [-0.4, -0.2) is 38.0 Å². The zero-order chi connectivity index (χ0) is 18.8. The molecule has 25 heavy (non-hydrogen) atoms. The fraction of sp³-hybridized carbons (Fsp3) is 0.400. The average molecular weight is 379 g/mol. The van der Waals surface area contributed by atoms with E-state index in [9.17, 15) is 26.4 Å². The number of benzene rings is 1. The molecule has 1 amide bonds. The van der Waals surface area contributed by atoms with Gasteiger partial charge in [-0.25, -0.2) is 4.79 Å². The van der Waals surface area contributed by atoms with E-state index in [0.29, 0.717) is 24.9 Å². The van der Waals surface area contributed by atoms with Gasteiger partial charge < -0.3 is 13.8 Å². The molecular formula is C15H16F3NO5S. The third-order valence-electron chi connectivity index (χ3n) is 3.49. The number of carbonyl (C=O) groups is 1. The third-order valence-corrected chi connectivity index (χ3v) is 4.47. The monoisotopic (exact) mass is 379 g/mol. The van der Waals surface area contributed by atoms with Crippen LogP contribution < -0.4 is 4.18 Å². The van der Waals surface area contributed by atoms with E-state index in [-0.39, 0.29) is 12.3 Å². The lowest BCUT2D eigenvalue weighted by Crippen LogP contribution is -2.33. The smallest absolute Gasteiger partial charge is 0.416 e. The molecule has 0 saturated heterocycles. The standard InChI is InChI=1S/C15H16F3NO5S/c1-10(2)23-14(20)19-7-5-11-3-4-13(9-12(11)6-8-19)24-25(21,22)15(16,17)18/h3-4,9H,1,5-8H2,2H3. The van der Waals surface area contributed by atoms with Gasteiger partial charge in [0.1, 0.15) is 5.75 Å². The van der Waals surface area contributed by atoms with Crippen LogP contribution in [0.4, 0.5) is 18.0 Å². The molecule has 1 aliphatic heterocycles. The van der Waals surface area contributed by atoms with Gasteiger partial charge in [0.2, 0.25) is 0 Å². The largest absolute Gasteiger partial charge is 0.534 e. The number of rotatable bonds is 3. The van der Waals surface area contributed by atoms with Crippen molar-refractivity contribution in [3.8, 4) is 5.75 Å². The number of halogens is 3. The van der Waals surface area contributed by atoms with Gasteiger partial charge >= 0.3 is 21.7 Å². The number of carbonyl (C=O) groups excluding carboxylic acids is 1. The van der Waals surface area contributed by atoms with E-state index in [0.717, 1.165) is 11.6 Å². The van der Waals surface area contributed by atoms with Crippen LogP contribution in [0.1, 0.15) is 18.1 Å². The summed E-state index contributed by atoms with van der Waals surface area (Å²) in [7, 11) is -5.72. The molecule has 6 nitrogen and oxygen atoms in total. The highest BCUT2D eigenvalue weighted by molar-refractivity contribution is 7.88. The molecule has 1 aliphatic rings. The van der Waals surface area contributed by atoms with Crippen molar-refractivity contribution in [1.82, 2.24) is 4.90 Å². The molecule has 0 fully saturated rings. The highest BCUT2D eigenvalue weighted by Crippen LogP contribution is 2.29. The fourth-order valence-corrected chi connectivity index (χ4v) is 2.77. The highest BCUT2D eigenvalue weighted by atomic mass is 32.2. The van der Waals surface area contributed by atoms with Crippen LogP contribution in [0, 0.1) is 0 Å². The maximum absolute atomic E-state index is 12.4. The number of allylic oxidation sites excluding steroid dienone is 1. The summed E-state index contributed by atoms with van der Waals surface area (Å²) in [4.78, 5) is 13.3. The van der Waals surface area contributed by atoms with E-state index >= 15 is 0 Å². The Morgan fingerprint density at radius 1 is 1.20 bits per heavy atom. The molecule has 138 valence electrons. The quantitative estimate of drug-likeness (QED) is 0.459. The van der Waals surface area contributed by atoms with Gasteiger partial charge in [-0.1, -0.05) is 12.6 Å². The van der Waals surface area contributed by atoms with Gasteiger partial charge in [0.05, 0.1) is 5.76 Å². The molecule has 1 aromatic rings. The summed E-state index contributed by atoms with van der Waals surface area (Å²) in [6, 6.07) is 3.89. The van der Waals surface area contributed by atoms with Crippen molar-refractivity contribution in [3.63, 3.8) is 0 Å². The Balaban J connectivity index is 2.14.